The van der Waals surface area contributed by atoms with Gasteiger partial charge in [0.25, 0.3) is 0 Å². The largest absolute Gasteiger partial charge is 0.445 e. The fourth-order valence-corrected chi connectivity index (χ4v) is 3.11. The standard InChI is InChI=1S/C23H33N3O5/c1-6-19(18-12-17(18)13-24-21(28)31-23(3,4)5)26-20(27)15(2)25-22(29)30-14-16-10-8-7-9-11-16/h6-11,15,17-19H,1,12-14H2,2-5H3,(H,24,28)(H,25,29)(H,26,27)/t15-,17+,18-,19+/m0/s1. The summed E-state index contributed by atoms with van der Waals surface area (Å²) in [5.41, 5.74) is 0.317. The molecule has 0 unspecified atom stereocenters. The Labute approximate surface area is 183 Å². The lowest BCUT2D eigenvalue weighted by Crippen LogP contribution is -2.48. The number of nitrogens with one attached hydrogen (secondary N) is 3. The number of benzene rings is 1. The molecule has 0 heterocycles. The van der Waals surface area contributed by atoms with E-state index in [0.29, 0.717) is 6.54 Å². The highest BCUT2D eigenvalue weighted by atomic mass is 16.6. The number of carbonyl (C=O) groups is 3. The molecule has 0 saturated heterocycles. The average molecular weight is 432 g/mol. The molecule has 8 nitrogen and oxygen atoms in total. The summed E-state index contributed by atoms with van der Waals surface area (Å²) in [6.07, 6.45) is 1.42. The van der Waals surface area contributed by atoms with Crippen molar-refractivity contribution in [1.82, 2.24) is 16.0 Å². The Hall–Kier alpha value is -3.03. The predicted octanol–water partition coefficient (Wildman–Crippen LogP) is 3.13. The molecule has 0 spiro atoms. The number of ether oxygens (including phenoxy) is 2. The van der Waals surface area contributed by atoms with Crippen molar-refractivity contribution in [2.45, 2.75) is 58.4 Å². The first-order valence-corrected chi connectivity index (χ1v) is 10.5. The first-order valence-electron chi connectivity index (χ1n) is 10.5. The minimum Gasteiger partial charge on any atom is -0.445 e. The zero-order chi connectivity index (χ0) is 23.0. The Bertz CT molecular complexity index is 775. The number of hydrogen-bond donors (Lipinski definition) is 3. The van der Waals surface area contributed by atoms with Crippen LogP contribution in [0.1, 0.15) is 39.7 Å². The maximum absolute atomic E-state index is 12.5. The van der Waals surface area contributed by atoms with E-state index in [0.717, 1.165) is 12.0 Å². The van der Waals surface area contributed by atoms with Gasteiger partial charge in [0, 0.05) is 6.54 Å². The smallest absolute Gasteiger partial charge is 0.408 e. The Morgan fingerprint density at radius 1 is 1.16 bits per heavy atom. The summed E-state index contributed by atoms with van der Waals surface area (Å²) < 4.78 is 10.4. The summed E-state index contributed by atoms with van der Waals surface area (Å²) >= 11 is 0. The summed E-state index contributed by atoms with van der Waals surface area (Å²) in [7, 11) is 0. The van der Waals surface area contributed by atoms with Crippen molar-refractivity contribution < 1.29 is 23.9 Å². The molecule has 4 atom stereocenters. The van der Waals surface area contributed by atoms with Crippen LogP contribution >= 0.6 is 0 Å². The molecule has 0 aliphatic heterocycles. The van der Waals surface area contributed by atoms with Gasteiger partial charge < -0.3 is 25.4 Å². The van der Waals surface area contributed by atoms with Crippen LogP contribution in [0.25, 0.3) is 0 Å². The van der Waals surface area contributed by atoms with Crippen LogP contribution in [0, 0.1) is 11.8 Å². The van der Waals surface area contributed by atoms with Gasteiger partial charge in [-0.25, -0.2) is 9.59 Å². The number of carbonyl (C=O) groups excluding carboxylic acids is 3. The van der Waals surface area contributed by atoms with Crippen LogP contribution in [0.4, 0.5) is 9.59 Å². The quantitative estimate of drug-likeness (QED) is 0.521. The van der Waals surface area contributed by atoms with Crippen molar-refractivity contribution in [3.63, 3.8) is 0 Å². The molecule has 1 aliphatic rings. The van der Waals surface area contributed by atoms with Crippen molar-refractivity contribution >= 4 is 18.1 Å². The highest BCUT2D eigenvalue weighted by molar-refractivity contribution is 5.85. The molecule has 3 N–H and O–H groups in total. The first-order chi connectivity index (χ1) is 14.6. The van der Waals surface area contributed by atoms with Gasteiger partial charge >= 0.3 is 12.2 Å². The van der Waals surface area contributed by atoms with E-state index in [-0.39, 0.29) is 30.4 Å². The fourth-order valence-electron chi connectivity index (χ4n) is 3.11. The molecule has 3 amide bonds. The van der Waals surface area contributed by atoms with Crippen molar-refractivity contribution in [3.8, 4) is 0 Å². The van der Waals surface area contributed by atoms with Gasteiger partial charge in [0.15, 0.2) is 0 Å². The summed E-state index contributed by atoms with van der Waals surface area (Å²) in [5.74, 6) is 0.0795. The van der Waals surface area contributed by atoms with E-state index in [9.17, 15) is 14.4 Å². The zero-order valence-electron chi connectivity index (χ0n) is 18.6. The minimum absolute atomic E-state index is 0.130. The van der Waals surface area contributed by atoms with E-state index in [1.165, 1.54) is 0 Å². The van der Waals surface area contributed by atoms with Crippen LogP contribution in [0.2, 0.25) is 0 Å². The SMILES string of the molecule is C=C[C@@H](NC(=O)[C@H](C)NC(=O)OCc1ccccc1)[C@H]1C[C@@H]1CNC(=O)OC(C)(C)C. The second-order valence-electron chi connectivity index (χ2n) is 8.74. The lowest BCUT2D eigenvalue weighted by Gasteiger charge is -2.20. The van der Waals surface area contributed by atoms with E-state index in [1.54, 1.807) is 13.0 Å². The van der Waals surface area contributed by atoms with Crippen molar-refractivity contribution in [2.75, 3.05) is 6.54 Å². The molecule has 1 aromatic carbocycles. The van der Waals surface area contributed by atoms with Gasteiger partial charge in [0.05, 0.1) is 6.04 Å². The third kappa shape index (κ3) is 8.70. The lowest BCUT2D eigenvalue weighted by atomic mass is 10.1. The Kier molecular flexibility index (Phi) is 8.47. The van der Waals surface area contributed by atoms with E-state index in [4.69, 9.17) is 9.47 Å². The van der Waals surface area contributed by atoms with Crippen molar-refractivity contribution in [3.05, 3.63) is 48.6 Å². The van der Waals surface area contributed by atoms with Crippen LogP contribution in [0.5, 0.6) is 0 Å². The minimum atomic E-state index is -0.761. The van der Waals surface area contributed by atoms with E-state index < -0.39 is 23.8 Å². The van der Waals surface area contributed by atoms with Crippen molar-refractivity contribution in [1.29, 1.82) is 0 Å². The number of amides is 3. The third-order valence-corrected chi connectivity index (χ3v) is 4.85. The molecule has 31 heavy (non-hydrogen) atoms. The molecule has 1 aliphatic carbocycles. The molecular formula is C23H33N3O5. The Balaban J connectivity index is 1.71. The first kappa shape index (κ1) is 24.2. The number of rotatable bonds is 9. The summed E-state index contributed by atoms with van der Waals surface area (Å²) in [6.45, 7) is 11.4. The van der Waals surface area contributed by atoms with E-state index >= 15 is 0 Å². The average Bonchev–Trinajstić information content (AvgIpc) is 3.47. The monoisotopic (exact) mass is 431 g/mol. The molecule has 0 radical (unpaired) electrons. The molecule has 0 aromatic heterocycles. The van der Waals surface area contributed by atoms with Gasteiger partial charge in [-0.2, -0.15) is 0 Å². The van der Waals surface area contributed by atoms with Crippen LogP contribution in [-0.2, 0) is 20.9 Å². The molecular weight excluding hydrogens is 398 g/mol. The summed E-state index contributed by atoms with van der Waals surface area (Å²) in [5, 5.41) is 8.18. The maximum atomic E-state index is 12.5. The van der Waals surface area contributed by atoms with E-state index in [2.05, 4.69) is 22.5 Å². The molecule has 0 bridgehead atoms. The fraction of sp³-hybridized carbons (Fsp3) is 0.522. The van der Waals surface area contributed by atoms with Crippen LogP contribution in [0.15, 0.2) is 43.0 Å². The Morgan fingerprint density at radius 3 is 2.45 bits per heavy atom. The second-order valence-corrected chi connectivity index (χ2v) is 8.74. The molecule has 2 rings (SSSR count). The number of hydrogen-bond acceptors (Lipinski definition) is 5. The van der Waals surface area contributed by atoms with Gasteiger partial charge in [-0.3, -0.25) is 4.79 Å². The van der Waals surface area contributed by atoms with Gasteiger partial charge in [-0.05, 0) is 51.5 Å². The molecule has 170 valence electrons. The third-order valence-electron chi connectivity index (χ3n) is 4.85. The second kappa shape index (κ2) is 10.8. The maximum Gasteiger partial charge on any atom is 0.408 e. The van der Waals surface area contributed by atoms with Crippen LogP contribution in [-0.4, -0.2) is 42.3 Å². The van der Waals surface area contributed by atoms with E-state index in [1.807, 2.05) is 51.1 Å². The van der Waals surface area contributed by atoms with Crippen LogP contribution < -0.4 is 16.0 Å². The van der Waals surface area contributed by atoms with Gasteiger partial charge in [-0.1, -0.05) is 36.4 Å². The van der Waals surface area contributed by atoms with Gasteiger partial charge in [-0.15, -0.1) is 6.58 Å². The Morgan fingerprint density at radius 2 is 1.84 bits per heavy atom. The molecule has 1 fully saturated rings. The predicted molar refractivity (Wildman–Crippen MR) is 117 cm³/mol. The summed E-state index contributed by atoms with van der Waals surface area (Å²) in [4.78, 5) is 36.2. The van der Waals surface area contributed by atoms with Gasteiger partial charge in [0.2, 0.25) is 5.91 Å². The van der Waals surface area contributed by atoms with Crippen LogP contribution in [0.3, 0.4) is 0 Å². The van der Waals surface area contributed by atoms with Crippen molar-refractivity contribution in [2.24, 2.45) is 11.8 Å². The van der Waals surface area contributed by atoms with Gasteiger partial charge in [0.1, 0.15) is 18.2 Å². The molecule has 1 aromatic rings. The highest BCUT2D eigenvalue weighted by Gasteiger charge is 2.42. The molecule has 1 saturated carbocycles. The molecule has 8 heteroatoms. The topological polar surface area (TPSA) is 106 Å². The summed E-state index contributed by atoms with van der Waals surface area (Å²) in [6, 6.07) is 8.28. The zero-order valence-corrected chi connectivity index (χ0v) is 18.6. The highest BCUT2D eigenvalue weighted by Crippen LogP contribution is 2.41. The normalized spacial score (nSPS) is 19.4. The lowest BCUT2D eigenvalue weighted by molar-refractivity contribution is -0.123. The number of alkyl carbamates (subject to hydrolysis) is 2.